The number of pyridine rings is 1. The molecule has 0 unspecified atom stereocenters. The van der Waals surface area contributed by atoms with E-state index in [0.29, 0.717) is 28.3 Å². The first kappa shape index (κ1) is 23.3. The number of amides is 1. The molecule has 1 N–H and O–H groups in total. The van der Waals surface area contributed by atoms with Gasteiger partial charge in [0.25, 0.3) is 0 Å². The van der Waals surface area contributed by atoms with Gasteiger partial charge in [-0.15, -0.1) is 11.3 Å². The molecule has 2 aromatic rings. The van der Waals surface area contributed by atoms with Crippen molar-refractivity contribution in [3.8, 4) is 5.88 Å². The molecule has 182 valence electrons. The van der Waals surface area contributed by atoms with E-state index in [4.69, 9.17) is 4.74 Å². The molecule has 2 heterocycles. The minimum absolute atomic E-state index is 0.00943. The standard InChI is InChI=1S/C27H34N2O4S/c1-17-5-7-19(8-6-17)26(30)29(22-16-23(18-9-10-18)34-25(22)27(31)32)20-11-13-21(14-12-20)33-24-4-2-3-15-28-24/h2-4,15-21H,5-14H2,1H3,(H,31,32)/t17-,19-,20-,21-. The fraction of sp³-hybridized carbons (Fsp3) is 0.593. The van der Waals surface area contributed by atoms with Gasteiger partial charge in [-0.1, -0.05) is 13.0 Å². The lowest BCUT2D eigenvalue weighted by Crippen LogP contribution is -2.47. The lowest BCUT2D eigenvalue weighted by molar-refractivity contribution is -0.124. The van der Waals surface area contributed by atoms with E-state index >= 15 is 0 Å². The Kier molecular flexibility index (Phi) is 6.91. The van der Waals surface area contributed by atoms with Crippen molar-refractivity contribution in [2.45, 2.75) is 89.2 Å². The van der Waals surface area contributed by atoms with Gasteiger partial charge in [-0.25, -0.2) is 9.78 Å². The monoisotopic (exact) mass is 482 g/mol. The van der Waals surface area contributed by atoms with E-state index in [-0.39, 0.29) is 24.0 Å². The van der Waals surface area contributed by atoms with Crippen molar-refractivity contribution in [3.63, 3.8) is 0 Å². The number of rotatable bonds is 7. The molecule has 0 atom stereocenters. The van der Waals surface area contributed by atoms with Crippen LogP contribution < -0.4 is 9.64 Å². The minimum Gasteiger partial charge on any atom is -0.477 e. The van der Waals surface area contributed by atoms with Crippen LogP contribution in [0.1, 0.15) is 91.6 Å². The molecule has 3 fully saturated rings. The van der Waals surface area contributed by atoms with E-state index in [0.717, 1.165) is 69.1 Å². The molecule has 2 aromatic heterocycles. The van der Waals surface area contributed by atoms with E-state index < -0.39 is 5.97 Å². The third kappa shape index (κ3) is 5.14. The van der Waals surface area contributed by atoms with Crippen LogP contribution in [0.4, 0.5) is 5.69 Å². The van der Waals surface area contributed by atoms with Crippen LogP contribution in [0, 0.1) is 11.8 Å². The second-order valence-electron chi connectivity index (χ2n) is 10.3. The fourth-order valence-corrected chi connectivity index (χ4v) is 6.67. The van der Waals surface area contributed by atoms with Crippen molar-refractivity contribution in [3.05, 3.63) is 40.2 Å². The second-order valence-corrected chi connectivity index (χ2v) is 11.4. The maximum absolute atomic E-state index is 13.9. The van der Waals surface area contributed by atoms with E-state index in [1.54, 1.807) is 6.20 Å². The first-order valence-electron chi connectivity index (χ1n) is 12.8. The number of hydrogen-bond acceptors (Lipinski definition) is 5. The van der Waals surface area contributed by atoms with Gasteiger partial charge in [0.1, 0.15) is 11.0 Å². The molecule has 34 heavy (non-hydrogen) atoms. The normalized spacial score (nSPS) is 27.2. The number of ether oxygens (including phenoxy) is 1. The minimum atomic E-state index is -0.922. The number of carbonyl (C=O) groups is 2. The zero-order chi connectivity index (χ0) is 23.7. The lowest BCUT2D eigenvalue weighted by atomic mass is 9.81. The SMILES string of the molecule is C[C@H]1CC[C@H](C(=O)N(c2cc(C3CC3)sc2C(=O)O)[C@H]2CC[C@H](Oc3ccccn3)CC2)CC1. The highest BCUT2D eigenvalue weighted by molar-refractivity contribution is 7.14. The summed E-state index contributed by atoms with van der Waals surface area (Å²) in [6.07, 6.45) is 11.2. The van der Waals surface area contributed by atoms with Gasteiger partial charge in [-0.2, -0.15) is 0 Å². The summed E-state index contributed by atoms with van der Waals surface area (Å²) < 4.78 is 6.08. The molecule has 6 nitrogen and oxygen atoms in total. The molecule has 5 rings (SSSR count). The van der Waals surface area contributed by atoms with Crippen molar-refractivity contribution in [2.24, 2.45) is 11.8 Å². The molecule has 0 bridgehead atoms. The highest BCUT2D eigenvalue weighted by atomic mass is 32.1. The molecule has 1 amide bonds. The summed E-state index contributed by atoms with van der Waals surface area (Å²) >= 11 is 1.37. The molecule has 0 spiro atoms. The predicted octanol–water partition coefficient (Wildman–Crippen LogP) is 6.27. The number of anilines is 1. The average Bonchev–Trinajstić information content (AvgIpc) is 3.60. The van der Waals surface area contributed by atoms with Gasteiger partial charge < -0.3 is 14.7 Å². The molecule has 3 aliphatic carbocycles. The summed E-state index contributed by atoms with van der Waals surface area (Å²) in [5.74, 6) is 0.957. The largest absolute Gasteiger partial charge is 0.477 e. The smallest absolute Gasteiger partial charge is 0.348 e. The zero-order valence-electron chi connectivity index (χ0n) is 19.8. The number of hydrogen-bond donors (Lipinski definition) is 1. The second kappa shape index (κ2) is 10.1. The summed E-state index contributed by atoms with van der Waals surface area (Å²) in [7, 11) is 0. The third-order valence-electron chi connectivity index (χ3n) is 7.70. The molecule has 0 radical (unpaired) electrons. The van der Waals surface area contributed by atoms with Crippen molar-refractivity contribution in [2.75, 3.05) is 4.90 Å². The summed E-state index contributed by atoms with van der Waals surface area (Å²) in [5.41, 5.74) is 0.636. The van der Waals surface area contributed by atoms with Crippen molar-refractivity contribution < 1.29 is 19.4 Å². The Morgan fingerprint density at radius 3 is 2.38 bits per heavy atom. The Bertz CT molecular complexity index is 1000. The first-order valence-corrected chi connectivity index (χ1v) is 13.6. The van der Waals surface area contributed by atoms with Crippen molar-refractivity contribution >= 4 is 28.9 Å². The van der Waals surface area contributed by atoms with Gasteiger partial charge in [-0.05, 0) is 88.2 Å². The number of carboxylic acid groups (broad SMARTS) is 1. The summed E-state index contributed by atoms with van der Waals surface area (Å²) in [6.45, 7) is 2.25. The van der Waals surface area contributed by atoms with E-state index in [1.807, 2.05) is 29.2 Å². The molecule has 0 aromatic carbocycles. The van der Waals surface area contributed by atoms with Crippen LogP contribution in [0.5, 0.6) is 5.88 Å². The van der Waals surface area contributed by atoms with Gasteiger partial charge in [0.05, 0.1) is 5.69 Å². The van der Waals surface area contributed by atoms with Crippen molar-refractivity contribution in [1.29, 1.82) is 0 Å². The van der Waals surface area contributed by atoms with Gasteiger partial charge in [0.15, 0.2) is 0 Å². The average molecular weight is 483 g/mol. The van der Waals surface area contributed by atoms with Crippen LogP contribution in [0.3, 0.4) is 0 Å². The first-order chi connectivity index (χ1) is 16.5. The number of aromatic carboxylic acids is 1. The van der Waals surface area contributed by atoms with Gasteiger partial charge >= 0.3 is 5.97 Å². The number of aromatic nitrogens is 1. The molecule has 7 heteroatoms. The van der Waals surface area contributed by atoms with Crippen LogP contribution in [-0.4, -0.2) is 34.1 Å². The van der Waals surface area contributed by atoms with Crippen LogP contribution in [0.15, 0.2) is 30.5 Å². The molecular weight excluding hydrogens is 448 g/mol. The van der Waals surface area contributed by atoms with E-state index in [1.165, 1.54) is 11.3 Å². The molecule has 0 aliphatic heterocycles. The van der Waals surface area contributed by atoms with Crippen molar-refractivity contribution in [1.82, 2.24) is 4.98 Å². The van der Waals surface area contributed by atoms with Gasteiger partial charge in [0.2, 0.25) is 11.8 Å². The quantitative estimate of drug-likeness (QED) is 0.503. The summed E-state index contributed by atoms with van der Waals surface area (Å²) in [5, 5.41) is 10.0. The van der Waals surface area contributed by atoms with Crippen LogP contribution in [0.25, 0.3) is 0 Å². The van der Waals surface area contributed by atoms with E-state index in [2.05, 4.69) is 11.9 Å². The highest BCUT2D eigenvalue weighted by Gasteiger charge is 2.39. The fourth-order valence-electron chi connectivity index (χ4n) is 5.51. The Balaban J connectivity index is 1.38. The maximum atomic E-state index is 13.9. The predicted molar refractivity (Wildman–Crippen MR) is 133 cm³/mol. The Morgan fingerprint density at radius 1 is 1.03 bits per heavy atom. The van der Waals surface area contributed by atoms with Gasteiger partial charge in [0, 0.05) is 29.1 Å². The Morgan fingerprint density at radius 2 is 1.76 bits per heavy atom. The maximum Gasteiger partial charge on any atom is 0.348 e. The number of nitrogens with zero attached hydrogens (tertiary/aromatic N) is 2. The summed E-state index contributed by atoms with van der Waals surface area (Å²) in [6, 6.07) is 7.69. The van der Waals surface area contributed by atoms with Gasteiger partial charge in [-0.3, -0.25) is 4.79 Å². The Hall–Kier alpha value is -2.41. The van der Waals surface area contributed by atoms with Crippen LogP contribution >= 0.6 is 11.3 Å². The molecule has 0 saturated heterocycles. The van der Waals surface area contributed by atoms with Crippen LogP contribution in [0.2, 0.25) is 0 Å². The summed E-state index contributed by atoms with van der Waals surface area (Å²) in [4.78, 5) is 33.8. The Labute approximate surface area is 205 Å². The third-order valence-corrected chi connectivity index (χ3v) is 8.98. The number of carbonyl (C=O) groups excluding carboxylic acids is 1. The lowest BCUT2D eigenvalue weighted by Gasteiger charge is -2.39. The molecule has 3 aliphatic rings. The number of carboxylic acids is 1. The zero-order valence-corrected chi connectivity index (χ0v) is 20.6. The number of thiophene rings is 1. The molecular formula is C27H34N2O4S. The van der Waals surface area contributed by atoms with Crippen LogP contribution in [-0.2, 0) is 4.79 Å². The molecule has 3 saturated carbocycles. The van der Waals surface area contributed by atoms with E-state index in [9.17, 15) is 14.7 Å². The highest BCUT2D eigenvalue weighted by Crippen LogP contribution is 2.47. The topological polar surface area (TPSA) is 79.7 Å².